The summed E-state index contributed by atoms with van der Waals surface area (Å²) < 4.78 is 10.8. The molecule has 0 spiro atoms. The summed E-state index contributed by atoms with van der Waals surface area (Å²) in [7, 11) is 3.37. The van der Waals surface area contributed by atoms with Crippen molar-refractivity contribution in [3.05, 3.63) is 22.4 Å². The quantitative estimate of drug-likeness (QED) is 0.711. The Morgan fingerprint density at radius 1 is 1.45 bits per heavy atom. The second kappa shape index (κ2) is 7.00. The number of methoxy groups -OCH3 is 2. The number of nitrogens with two attached hydrogens (primary N) is 1. The van der Waals surface area contributed by atoms with Crippen LogP contribution < -0.4 is 5.73 Å². The van der Waals surface area contributed by atoms with E-state index in [0.717, 1.165) is 13.0 Å². The minimum atomic E-state index is -0.202. The summed E-state index contributed by atoms with van der Waals surface area (Å²) in [5, 5.41) is 4.35. The van der Waals surface area contributed by atoms with E-state index in [1.54, 1.807) is 25.6 Å². The number of rotatable bonds is 9. The molecule has 0 bridgehead atoms. The largest absolute Gasteiger partial charge is 0.356 e. The molecular weight excluding hydrogens is 272 g/mol. The molecule has 0 radical (unpaired) electrons. The number of hydrogen-bond donors (Lipinski definition) is 1. The van der Waals surface area contributed by atoms with Crippen LogP contribution in [0.3, 0.4) is 0 Å². The maximum atomic E-state index is 6.11. The predicted molar refractivity (Wildman–Crippen MR) is 82.8 cm³/mol. The van der Waals surface area contributed by atoms with Crippen LogP contribution in [0, 0.1) is 0 Å². The molecule has 0 amide bonds. The molecule has 1 atom stereocenters. The highest BCUT2D eigenvalue weighted by Gasteiger charge is 2.41. The third kappa shape index (κ3) is 3.80. The van der Waals surface area contributed by atoms with E-state index in [-0.39, 0.29) is 11.8 Å². The summed E-state index contributed by atoms with van der Waals surface area (Å²) in [5.74, 6) is 0. The highest BCUT2D eigenvalue weighted by Crippen LogP contribution is 2.36. The first-order valence-corrected chi connectivity index (χ1v) is 8.10. The lowest BCUT2D eigenvalue weighted by Gasteiger charge is -2.42. The van der Waals surface area contributed by atoms with E-state index in [1.807, 2.05) is 0 Å². The highest BCUT2D eigenvalue weighted by molar-refractivity contribution is 7.07. The minimum Gasteiger partial charge on any atom is -0.356 e. The van der Waals surface area contributed by atoms with Crippen molar-refractivity contribution in [3.8, 4) is 0 Å². The molecule has 5 heteroatoms. The molecule has 4 nitrogen and oxygen atoms in total. The molecular formula is C15H26N2O2S. The molecule has 0 saturated heterocycles. The number of thiophene rings is 1. The molecule has 114 valence electrons. The van der Waals surface area contributed by atoms with Crippen molar-refractivity contribution < 1.29 is 9.47 Å². The molecule has 2 rings (SSSR count). The highest BCUT2D eigenvalue weighted by atomic mass is 32.1. The number of hydrogen-bond acceptors (Lipinski definition) is 5. The molecule has 2 N–H and O–H groups in total. The van der Waals surface area contributed by atoms with Gasteiger partial charge in [-0.05, 0) is 42.2 Å². The van der Waals surface area contributed by atoms with Gasteiger partial charge in [0.2, 0.25) is 0 Å². The standard InChI is InChI=1S/C15H26N2O2S/c1-15(11-16,8-14(18-2)19-3)17(13-4-5-13)9-12-6-7-20-10-12/h6-7,10,13-14H,4-5,8-9,11,16H2,1-3H3. The van der Waals surface area contributed by atoms with Gasteiger partial charge in [0.1, 0.15) is 0 Å². The molecule has 1 aromatic heterocycles. The lowest BCUT2D eigenvalue weighted by molar-refractivity contribution is -0.130. The van der Waals surface area contributed by atoms with Gasteiger partial charge in [-0.15, -0.1) is 0 Å². The van der Waals surface area contributed by atoms with Crippen LogP contribution in [0.25, 0.3) is 0 Å². The maximum Gasteiger partial charge on any atom is 0.158 e. The average Bonchev–Trinajstić information content (AvgIpc) is 3.18. The molecule has 1 heterocycles. The van der Waals surface area contributed by atoms with Gasteiger partial charge in [-0.3, -0.25) is 4.90 Å². The van der Waals surface area contributed by atoms with Crippen molar-refractivity contribution >= 4 is 11.3 Å². The van der Waals surface area contributed by atoms with Gasteiger partial charge in [0.25, 0.3) is 0 Å². The zero-order valence-corrected chi connectivity index (χ0v) is 13.5. The maximum absolute atomic E-state index is 6.11. The Bertz CT molecular complexity index is 391. The van der Waals surface area contributed by atoms with Crippen LogP contribution in [-0.2, 0) is 16.0 Å². The van der Waals surface area contributed by atoms with E-state index in [0.29, 0.717) is 12.6 Å². The second-order valence-corrected chi connectivity index (χ2v) is 6.58. The fraction of sp³-hybridized carbons (Fsp3) is 0.733. The van der Waals surface area contributed by atoms with E-state index in [9.17, 15) is 0 Å². The zero-order valence-electron chi connectivity index (χ0n) is 12.7. The first-order valence-electron chi connectivity index (χ1n) is 7.16. The lowest BCUT2D eigenvalue weighted by atomic mass is 9.94. The summed E-state index contributed by atoms with van der Waals surface area (Å²) >= 11 is 1.75. The van der Waals surface area contributed by atoms with Gasteiger partial charge in [0.05, 0.1) is 0 Å². The fourth-order valence-electron chi connectivity index (χ4n) is 2.67. The molecule has 1 aromatic rings. The van der Waals surface area contributed by atoms with Crippen molar-refractivity contribution in [2.24, 2.45) is 5.73 Å². The smallest absolute Gasteiger partial charge is 0.158 e. The molecule has 20 heavy (non-hydrogen) atoms. The van der Waals surface area contributed by atoms with Gasteiger partial charge in [-0.2, -0.15) is 11.3 Å². The second-order valence-electron chi connectivity index (χ2n) is 5.80. The van der Waals surface area contributed by atoms with Gasteiger partial charge in [0.15, 0.2) is 6.29 Å². The Hall–Kier alpha value is -0.460. The van der Waals surface area contributed by atoms with Crippen molar-refractivity contribution in [3.63, 3.8) is 0 Å². The Morgan fingerprint density at radius 3 is 2.60 bits per heavy atom. The summed E-state index contributed by atoms with van der Waals surface area (Å²) in [6, 6.07) is 2.85. The third-order valence-electron chi connectivity index (χ3n) is 4.19. The molecule has 1 saturated carbocycles. The van der Waals surface area contributed by atoms with Gasteiger partial charge in [-0.25, -0.2) is 0 Å². The van der Waals surface area contributed by atoms with Crippen LogP contribution in [0.15, 0.2) is 16.8 Å². The summed E-state index contributed by atoms with van der Waals surface area (Å²) in [6.45, 7) is 3.79. The van der Waals surface area contributed by atoms with Crippen LogP contribution >= 0.6 is 11.3 Å². The first kappa shape index (κ1) is 15.9. The van der Waals surface area contributed by atoms with Crippen molar-refractivity contribution in [1.29, 1.82) is 0 Å². The van der Waals surface area contributed by atoms with E-state index >= 15 is 0 Å². The molecule has 1 aliphatic carbocycles. The van der Waals surface area contributed by atoms with Gasteiger partial charge < -0.3 is 15.2 Å². The predicted octanol–water partition coefficient (Wildman–Crippen LogP) is 2.44. The third-order valence-corrected chi connectivity index (χ3v) is 4.92. The normalized spacial score (nSPS) is 18.7. The zero-order chi connectivity index (χ0) is 14.6. The van der Waals surface area contributed by atoms with Gasteiger partial charge >= 0.3 is 0 Å². The molecule has 0 aliphatic heterocycles. The van der Waals surface area contributed by atoms with Crippen LogP contribution in [0.5, 0.6) is 0 Å². The number of nitrogens with zero attached hydrogens (tertiary/aromatic N) is 1. The van der Waals surface area contributed by atoms with Crippen molar-refractivity contribution in [1.82, 2.24) is 4.90 Å². The van der Waals surface area contributed by atoms with Gasteiger partial charge in [-0.1, -0.05) is 0 Å². The first-order chi connectivity index (χ1) is 9.62. The van der Waals surface area contributed by atoms with Crippen molar-refractivity contribution in [2.45, 2.75) is 50.6 Å². The van der Waals surface area contributed by atoms with E-state index in [2.05, 4.69) is 28.7 Å². The average molecular weight is 298 g/mol. The number of ether oxygens (including phenoxy) is 2. The molecule has 1 aliphatic rings. The Kier molecular flexibility index (Phi) is 5.57. The minimum absolute atomic E-state index is 0.0974. The SMILES string of the molecule is COC(CC(C)(CN)N(Cc1ccsc1)C1CC1)OC. The summed E-state index contributed by atoms with van der Waals surface area (Å²) in [5.41, 5.74) is 7.38. The lowest BCUT2D eigenvalue weighted by Crippen LogP contribution is -2.54. The Morgan fingerprint density at radius 2 is 2.15 bits per heavy atom. The summed E-state index contributed by atoms with van der Waals surface area (Å²) in [4.78, 5) is 2.54. The van der Waals surface area contributed by atoms with Crippen LogP contribution in [0.4, 0.5) is 0 Å². The van der Waals surface area contributed by atoms with Crippen molar-refractivity contribution in [2.75, 3.05) is 20.8 Å². The van der Waals surface area contributed by atoms with E-state index in [4.69, 9.17) is 15.2 Å². The fourth-order valence-corrected chi connectivity index (χ4v) is 3.33. The van der Waals surface area contributed by atoms with Gasteiger partial charge in [0, 0.05) is 45.3 Å². The monoisotopic (exact) mass is 298 g/mol. The van der Waals surface area contributed by atoms with Crippen LogP contribution in [-0.4, -0.2) is 43.5 Å². The Labute approximate surface area is 125 Å². The molecule has 0 aromatic carbocycles. The Balaban J connectivity index is 2.11. The molecule has 1 fully saturated rings. The van der Waals surface area contributed by atoms with E-state index in [1.165, 1.54) is 18.4 Å². The molecule has 1 unspecified atom stereocenters. The van der Waals surface area contributed by atoms with E-state index < -0.39 is 0 Å². The summed E-state index contributed by atoms with van der Waals surface area (Å²) in [6.07, 6.45) is 3.12. The van der Waals surface area contributed by atoms with Crippen LogP contribution in [0.1, 0.15) is 31.7 Å². The van der Waals surface area contributed by atoms with Crippen LogP contribution in [0.2, 0.25) is 0 Å². The topological polar surface area (TPSA) is 47.7 Å².